The minimum atomic E-state index is -0.944. The van der Waals surface area contributed by atoms with E-state index in [1.807, 2.05) is 6.07 Å². The van der Waals surface area contributed by atoms with E-state index in [1.165, 1.54) is 0 Å². The third kappa shape index (κ3) is 2.97. The van der Waals surface area contributed by atoms with Crippen molar-refractivity contribution < 1.29 is 19.4 Å². The van der Waals surface area contributed by atoms with Gasteiger partial charge >= 0.3 is 5.97 Å². The predicted octanol–water partition coefficient (Wildman–Crippen LogP) is 1.88. The molecule has 1 aliphatic rings. The minimum absolute atomic E-state index is 0.0394. The fraction of sp³-hybridized carbons (Fsp3) is 0.400. The van der Waals surface area contributed by atoms with Gasteiger partial charge in [-0.3, -0.25) is 9.59 Å². The highest BCUT2D eigenvalue weighted by Crippen LogP contribution is 2.58. The molecule has 0 heterocycles. The smallest absolute Gasteiger partial charge is 0.307 e. The molecule has 0 bridgehead atoms. The van der Waals surface area contributed by atoms with Gasteiger partial charge in [0, 0.05) is 5.69 Å². The summed E-state index contributed by atoms with van der Waals surface area (Å²) in [4.78, 5) is 23.2. The SMILES string of the molecule is CC1(C)[C@H](C(=O)O)[C@@H]1C(=O)Nc1ccc(OCC#N)cc1. The first kappa shape index (κ1) is 14.9. The van der Waals surface area contributed by atoms with Crippen molar-refractivity contribution in [2.45, 2.75) is 13.8 Å². The molecule has 0 aromatic heterocycles. The third-order valence-electron chi connectivity index (χ3n) is 3.80. The summed E-state index contributed by atoms with van der Waals surface area (Å²) < 4.78 is 5.10. The number of nitriles is 1. The van der Waals surface area contributed by atoms with Crippen molar-refractivity contribution in [3.8, 4) is 11.8 Å². The van der Waals surface area contributed by atoms with Crippen molar-refractivity contribution in [1.29, 1.82) is 5.26 Å². The van der Waals surface area contributed by atoms with Gasteiger partial charge < -0.3 is 15.2 Å². The zero-order valence-electron chi connectivity index (χ0n) is 11.8. The van der Waals surface area contributed by atoms with Gasteiger partial charge in [-0.15, -0.1) is 0 Å². The van der Waals surface area contributed by atoms with Gasteiger partial charge in [0.05, 0.1) is 11.8 Å². The summed E-state index contributed by atoms with van der Waals surface area (Å²) in [6.07, 6.45) is 0. The number of carbonyl (C=O) groups excluding carboxylic acids is 1. The number of anilines is 1. The maximum Gasteiger partial charge on any atom is 0.307 e. The van der Waals surface area contributed by atoms with E-state index in [1.54, 1.807) is 38.1 Å². The molecule has 0 spiro atoms. The number of carboxylic acid groups (broad SMARTS) is 1. The number of carboxylic acids is 1. The quantitative estimate of drug-likeness (QED) is 0.861. The molecule has 2 atom stereocenters. The molecular formula is C15H16N2O4. The second-order valence-corrected chi connectivity index (χ2v) is 5.58. The fourth-order valence-corrected chi connectivity index (χ4v) is 2.56. The molecule has 1 saturated carbocycles. The fourth-order valence-electron chi connectivity index (χ4n) is 2.56. The summed E-state index contributed by atoms with van der Waals surface area (Å²) in [5, 5.41) is 20.2. The number of nitrogens with zero attached hydrogens (tertiary/aromatic N) is 1. The second kappa shape index (κ2) is 5.44. The molecule has 1 aliphatic carbocycles. The van der Waals surface area contributed by atoms with Crippen LogP contribution >= 0.6 is 0 Å². The Morgan fingerprint density at radius 3 is 2.43 bits per heavy atom. The molecule has 1 amide bonds. The van der Waals surface area contributed by atoms with E-state index < -0.39 is 23.2 Å². The average Bonchev–Trinajstić information content (AvgIpc) is 3.01. The van der Waals surface area contributed by atoms with Crippen LogP contribution in [0, 0.1) is 28.6 Å². The molecule has 1 aromatic carbocycles. The molecule has 2 rings (SSSR count). The van der Waals surface area contributed by atoms with Crippen LogP contribution in [0.1, 0.15) is 13.8 Å². The number of ether oxygens (including phenoxy) is 1. The van der Waals surface area contributed by atoms with E-state index in [4.69, 9.17) is 15.1 Å². The lowest BCUT2D eigenvalue weighted by Gasteiger charge is -2.07. The van der Waals surface area contributed by atoms with E-state index in [9.17, 15) is 9.59 Å². The lowest BCUT2D eigenvalue weighted by molar-refractivity contribution is -0.140. The van der Waals surface area contributed by atoms with E-state index in [-0.39, 0.29) is 12.5 Å². The Bertz CT molecular complexity index is 601. The minimum Gasteiger partial charge on any atom is -0.481 e. The Kier molecular flexibility index (Phi) is 3.85. The van der Waals surface area contributed by atoms with Crippen LogP contribution in [-0.4, -0.2) is 23.6 Å². The zero-order valence-corrected chi connectivity index (χ0v) is 11.8. The maximum absolute atomic E-state index is 12.1. The van der Waals surface area contributed by atoms with Crippen LogP contribution in [0.5, 0.6) is 5.75 Å². The van der Waals surface area contributed by atoms with Crippen molar-refractivity contribution in [2.75, 3.05) is 11.9 Å². The molecule has 0 radical (unpaired) electrons. The Labute approximate surface area is 122 Å². The topological polar surface area (TPSA) is 99.4 Å². The molecule has 2 N–H and O–H groups in total. The molecule has 6 nitrogen and oxygen atoms in total. The summed E-state index contributed by atoms with van der Waals surface area (Å²) in [5.74, 6) is -1.87. The number of amides is 1. The Balaban J connectivity index is 1.98. The molecule has 6 heteroatoms. The van der Waals surface area contributed by atoms with E-state index in [0.29, 0.717) is 11.4 Å². The van der Waals surface area contributed by atoms with Crippen molar-refractivity contribution in [3.63, 3.8) is 0 Å². The van der Waals surface area contributed by atoms with E-state index in [2.05, 4.69) is 5.32 Å². The number of hydrogen-bond acceptors (Lipinski definition) is 4. The van der Waals surface area contributed by atoms with Gasteiger partial charge in [0.1, 0.15) is 11.8 Å². The number of rotatable bonds is 5. The Morgan fingerprint density at radius 1 is 1.33 bits per heavy atom. The number of nitrogens with one attached hydrogen (secondary N) is 1. The molecular weight excluding hydrogens is 272 g/mol. The highest BCUT2D eigenvalue weighted by atomic mass is 16.5. The number of benzene rings is 1. The average molecular weight is 288 g/mol. The van der Waals surface area contributed by atoms with Crippen LogP contribution in [0.4, 0.5) is 5.69 Å². The second-order valence-electron chi connectivity index (χ2n) is 5.58. The summed E-state index contributed by atoms with van der Waals surface area (Å²) in [6.45, 7) is 3.51. The van der Waals surface area contributed by atoms with Gasteiger partial charge in [0.2, 0.25) is 5.91 Å². The van der Waals surface area contributed by atoms with Crippen LogP contribution in [0.25, 0.3) is 0 Å². The first-order valence-electron chi connectivity index (χ1n) is 6.51. The normalized spacial score (nSPS) is 22.0. The summed E-state index contributed by atoms with van der Waals surface area (Å²) >= 11 is 0. The summed E-state index contributed by atoms with van der Waals surface area (Å²) in [7, 11) is 0. The highest BCUT2D eigenvalue weighted by molar-refractivity contribution is 5.99. The number of hydrogen-bond donors (Lipinski definition) is 2. The van der Waals surface area contributed by atoms with Crippen LogP contribution in [0.2, 0.25) is 0 Å². The largest absolute Gasteiger partial charge is 0.481 e. The van der Waals surface area contributed by atoms with Crippen molar-refractivity contribution in [1.82, 2.24) is 0 Å². The van der Waals surface area contributed by atoms with Crippen LogP contribution in [0.3, 0.4) is 0 Å². The molecule has 0 unspecified atom stereocenters. The standard InChI is InChI=1S/C15H16N2O4/c1-15(2)11(12(15)14(19)20)13(18)17-9-3-5-10(6-4-9)21-8-7-16/h3-6,11-12H,8H2,1-2H3,(H,17,18)(H,19,20)/t11-,12+/m1/s1. The van der Waals surface area contributed by atoms with E-state index >= 15 is 0 Å². The number of carbonyl (C=O) groups is 2. The van der Waals surface area contributed by atoms with Gasteiger partial charge in [-0.1, -0.05) is 13.8 Å². The summed E-state index contributed by atoms with van der Waals surface area (Å²) in [6, 6.07) is 8.44. The third-order valence-corrected chi connectivity index (χ3v) is 3.80. The first-order valence-corrected chi connectivity index (χ1v) is 6.51. The molecule has 21 heavy (non-hydrogen) atoms. The van der Waals surface area contributed by atoms with Crippen LogP contribution < -0.4 is 10.1 Å². The van der Waals surface area contributed by atoms with Gasteiger partial charge in [0.25, 0.3) is 0 Å². The lowest BCUT2D eigenvalue weighted by atomic mass is 10.1. The molecule has 0 aliphatic heterocycles. The Morgan fingerprint density at radius 2 is 1.95 bits per heavy atom. The lowest BCUT2D eigenvalue weighted by Crippen LogP contribution is -2.17. The van der Waals surface area contributed by atoms with Crippen molar-refractivity contribution in [3.05, 3.63) is 24.3 Å². The summed E-state index contributed by atoms with van der Waals surface area (Å²) in [5.41, 5.74) is 0.0438. The van der Waals surface area contributed by atoms with Crippen LogP contribution in [0.15, 0.2) is 24.3 Å². The first-order chi connectivity index (χ1) is 9.87. The molecule has 110 valence electrons. The van der Waals surface area contributed by atoms with Crippen molar-refractivity contribution in [2.24, 2.45) is 17.3 Å². The van der Waals surface area contributed by atoms with Crippen LogP contribution in [-0.2, 0) is 9.59 Å². The highest BCUT2D eigenvalue weighted by Gasteiger charge is 2.65. The van der Waals surface area contributed by atoms with Gasteiger partial charge in [-0.25, -0.2) is 0 Å². The predicted molar refractivity (Wildman–Crippen MR) is 74.6 cm³/mol. The van der Waals surface area contributed by atoms with Gasteiger partial charge in [-0.05, 0) is 29.7 Å². The van der Waals surface area contributed by atoms with Crippen molar-refractivity contribution >= 4 is 17.6 Å². The number of aliphatic carboxylic acids is 1. The molecule has 1 aromatic rings. The zero-order chi connectivity index (χ0) is 15.6. The van der Waals surface area contributed by atoms with Gasteiger partial charge in [-0.2, -0.15) is 5.26 Å². The maximum atomic E-state index is 12.1. The van der Waals surface area contributed by atoms with Gasteiger partial charge in [0.15, 0.2) is 6.61 Å². The molecule has 1 fully saturated rings. The van der Waals surface area contributed by atoms with E-state index in [0.717, 1.165) is 0 Å². The monoisotopic (exact) mass is 288 g/mol. The molecule has 0 saturated heterocycles. The Hall–Kier alpha value is -2.55.